The number of amides is 1. The molecule has 0 saturated heterocycles. The molecule has 0 aromatic heterocycles. The SMILES string of the molecule is CCCCNC(=O)c1ccc(CNCc2cc(F)ccc2F)cc1. The molecule has 0 heterocycles. The summed E-state index contributed by atoms with van der Waals surface area (Å²) in [6.07, 6.45) is 2.00. The molecule has 1 amide bonds. The fraction of sp³-hybridized carbons (Fsp3) is 0.316. The lowest BCUT2D eigenvalue weighted by atomic mass is 10.1. The van der Waals surface area contributed by atoms with Crippen LogP contribution in [0.2, 0.25) is 0 Å². The van der Waals surface area contributed by atoms with Crippen molar-refractivity contribution in [3.63, 3.8) is 0 Å². The normalized spacial score (nSPS) is 10.6. The van der Waals surface area contributed by atoms with Gasteiger partial charge in [-0.15, -0.1) is 0 Å². The molecule has 0 saturated carbocycles. The second-order valence-corrected chi connectivity index (χ2v) is 5.65. The van der Waals surface area contributed by atoms with Crippen LogP contribution in [0.3, 0.4) is 0 Å². The molecule has 0 bridgehead atoms. The van der Waals surface area contributed by atoms with Crippen molar-refractivity contribution in [1.82, 2.24) is 10.6 Å². The van der Waals surface area contributed by atoms with Gasteiger partial charge in [0.1, 0.15) is 11.6 Å². The van der Waals surface area contributed by atoms with Crippen molar-refractivity contribution in [2.75, 3.05) is 6.54 Å². The van der Waals surface area contributed by atoms with Crippen molar-refractivity contribution in [2.24, 2.45) is 0 Å². The summed E-state index contributed by atoms with van der Waals surface area (Å²) in [5, 5.41) is 5.93. The molecule has 0 unspecified atom stereocenters. The van der Waals surface area contributed by atoms with E-state index in [-0.39, 0.29) is 12.5 Å². The quantitative estimate of drug-likeness (QED) is 0.722. The van der Waals surface area contributed by atoms with Gasteiger partial charge in [-0.2, -0.15) is 0 Å². The molecule has 0 radical (unpaired) electrons. The number of halogens is 2. The van der Waals surface area contributed by atoms with E-state index in [1.54, 1.807) is 12.1 Å². The number of unbranched alkanes of at least 4 members (excludes halogenated alkanes) is 1. The van der Waals surface area contributed by atoms with Gasteiger partial charge in [0.25, 0.3) is 5.91 Å². The molecule has 2 N–H and O–H groups in total. The van der Waals surface area contributed by atoms with E-state index in [9.17, 15) is 13.6 Å². The highest BCUT2D eigenvalue weighted by Gasteiger charge is 2.05. The van der Waals surface area contributed by atoms with Crippen molar-refractivity contribution < 1.29 is 13.6 Å². The monoisotopic (exact) mass is 332 g/mol. The van der Waals surface area contributed by atoms with Gasteiger partial charge in [-0.05, 0) is 42.3 Å². The maximum atomic E-state index is 13.5. The minimum absolute atomic E-state index is 0.0789. The van der Waals surface area contributed by atoms with Gasteiger partial charge in [0.05, 0.1) is 0 Å². The summed E-state index contributed by atoms with van der Waals surface area (Å²) < 4.78 is 26.6. The van der Waals surface area contributed by atoms with Crippen LogP contribution in [0.25, 0.3) is 0 Å². The van der Waals surface area contributed by atoms with Gasteiger partial charge >= 0.3 is 0 Å². The van der Waals surface area contributed by atoms with E-state index in [0.29, 0.717) is 24.2 Å². The summed E-state index contributed by atoms with van der Waals surface area (Å²) in [5.74, 6) is -0.959. The fourth-order valence-corrected chi connectivity index (χ4v) is 2.28. The number of rotatable bonds is 8. The second kappa shape index (κ2) is 9.13. The maximum Gasteiger partial charge on any atom is 0.251 e. The summed E-state index contributed by atoms with van der Waals surface area (Å²) in [7, 11) is 0. The highest BCUT2D eigenvalue weighted by molar-refractivity contribution is 5.94. The molecule has 3 nitrogen and oxygen atoms in total. The Kier molecular flexibility index (Phi) is 6.88. The van der Waals surface area contributed by atoms with Crippen molar-refractivity contribution in [3.05, 3.63) is 70.8 Å². The molecule has 0 atom stereocenters. The van der Waals surface area contributed by atoms with Crippen molar-refractivity contribution >= 4 is 5.91 Å². The summed E-state index contributed by atoms with van der Waals surface area (Å²) in [6.45, 7) is 3.50. The standard InChI is InChI=1S/C19H22F2N2O/c1-2-3-10-23-19(24)15-6-4-14(5-7-15)12-22-13-16-11-17(20)8-9-18(16)21/h4-9,11,22H,2-3,10,12-13H2,1H3,(H,23,24). The predicted octanol–water partition coefficient (Wildman–Crippen LogP) is 3.78. The van der Waals surface area contributed by atoms with Crippen LogP contribution in [-0.4, -0.2) is 12.5 Å². The molecule has 5 heteroatoms. The van der Waals surface area contributed by atoms with Crippen molar-refractivity contribution in [2.45, 2.75) is 32.9 Å². The average Bonchev–Trinajstić information content (AvgIpc) is 2.58. The lowest BCUT2D eigenvalue weighted by Gasteiger charge is -2.08. The molecule has 0 aliphatic rings. The van der Waals surface area contributed by atoms with Crippen LogP contribution in [0.1, 0.15) is 41.3 Å². The van der Waals surface area contributed by atoms with Crippen LogP contribution in [0, 0.1) is 11.6 Å². The van der Waals surface area contributed by atoms with E-state index in [4.69, 9.17) is 0 Å². The Balaban J connectivity index is 1.83. The second-order valence-electron chi connectivity index (χ2n) is 5.65. The van der Waals surface area contributed by atoms with E-state index in [0.717, 1.165) is 30.5 Å². The van der Waals surface area contributed by atoms with Gasteiger partial charge in [-0.1, -0.05) is 25.5 Å². The van der Waals surface area contributed by atoms with Crippen LogP contribution in [0.15, 0.2) is 42.5 Å². The third kappa shape index (κ3) is 5.42. The fourth-order valence-electron chi connectivity index (χ4n) is 2.28. The smallest absolute Gasteiger partial charge is 0.251 e. The number of carbonyl (C=O) groups is 1. The van der Waals surface area contributed by atoms with Crippen LogP contribution >= 0.6 is 0 Å². The van der Waals surface area contributed by atoms with Gasteiger partial charge < -0.3 is 10.6 Å². The lowest BCUT2D eigenvalue weighted by molar-refractivity contribution is 0.0953. The van der Waals surface area contributed by atoms with Gasteiger partial charge in [0.15, 0.2) is 0 Å². The van der Waals surface area contributed by atoms with E-state index < -0.39 is 11.6 Å². The lowest BCUT2D eigenvalue weighted by Crippen LogP contribution is -2.24. The third-order valence-electron chi connectivity index (χ3n) is 3.68. The minimum atomic E-state index is -0.452. The van der Waals surface area contributed by atoms with Gasteiger partial charge in [0.2, 0.25) is 0 Å². The highest BCUT2D eigenvalue weighted by atomic mass is 19.1. The van der Waals surface area contributed by atoms with Crippen molar-refractivity contribution in [3.8, 4) is 0 Å². The molecular formula is C19H22F2N2O. The molecule has 24 heavy (non-hydrogen) atoms. The number of benzene rings is 2. The van der Waals surface area contributed by atoms with Crippen LogP contribution in [0.5, 0.6) is 0 Å². The van der Waals surface area contributed by atoms with Crippen molar-refractivity contribution in [1.29, 1.82) is 0 Å². The first-order valence-electron chi connectivity index (χ1n) is 8.12. The zero-order chi connectivity index (χ0) is 17.4. The Morgan fingerprint density at radius 1 is 1.04 bits per heavy atom. The van der Waals surface area contributed by atoms with Crippen LogP contribution < -0.4 is 10.6 Å². The first kappa shape index (κ1) is 18.1. The first-order valence-corrected chi connectivity index (χ1v) is 8.12. The Morgan fingerprint density at radius 3 is 2.50 bits per heavy atom. The van der Waals surface area contributed by atoms with E-state index in [1.807, 2.05) is 12.1 Å². The molecule has 2 rings (SSSR count). The summed E-state index contributed by atoms with van der Waals surface area (Å²) in [5.41, 5.74) is 1.88. The number of hydrogen-bond donors (Lipinski definition) is 2. The zero-order valence-corrected chi connectivity index (χ0v) is 13.7. The van der Waals surface area contributed by atoms with E-state index in [1.165, 1.54) is 6.07 Å². The third-order valence-corrected chi connectivity index (χ3v) is 3.68. The maximum absolute atomic E-state index is 13.5. The average molecular weight is 332 g/mol. The summed E-state index contributed by atoms with van der Waals surface area (Å²) >= 11 is 0. The molecule has 128 valence electrons. The minimum Gasteiger partial charge on any atom is -0.352 e. The molecule has 0 aliphatic carbocycles. The summed E-state index contributed by atoms with van der Waals surface area (Å²) in [4.78, 5) is 11.9. The van der Waals surface area contributed by atoms with Crippen LogP contribution in [0.4, 0.5) is 8.78 Å². The number of nitrogens with one attached hydrogen (secondary N) is 2. The highest BCUT2D eigenvalue weighted by Crippen LogP contribution is 2.10. The molecular weight excluding hydrogens is 310 g/mol. The molecule has 0 aliphatic heterocycles. The topological polar surface area (TPSA) is 41.1 Å². The molecule has 2 aromatic rings. The predicted molar refractivity (Wildman–Crippen MR) is 90.6 cm³/mol. The largest absolute Gasteiger partial charge is 0.352 e. The zero-order valence-electron chi connectivity index (χ0n) is 13.7. The van der Waals surface area contributed by atoms with E-state index >= 15 is 0 Å². The molecule has 2 aromatic carbocycles. The van der Waals surface area contributed by atoms with Crippen LogP contribution in [-0.2, 0) is 13.1 Å². The van der Waals surface area contributed by atoms with E-state index in [2.05, 4.69) is 17.6 Å². The molecule has 0 fully saturated rings. The first-order chi connectivity index (χ1) is 11.6. The number of carbonyl (C=O) groups excluding carboxylic acids is 1. The Hall–Kier alpha value is -2.27. The van der Waals surface area contributed by atoms with Gasteiger partial charge in [-0.25, -0.2) is 8.78 Å². The Bertz CT molecular complexity index is 672. The Labute approximate surface area is 141 Å². The van der Waals surface area contributed by atoms with Gasteiger partial charge in [0, 0.05) is 30.8 Å². The molecule has 0 spiro atoms. The van der Waals surface area contributed by atoms with Gasteiger partial charge in [-0.3, -0.25) is 4.79 Å². The summed E-state index contributed by atoms with van der Waals surface area (Å²) in [6, 6.07) is 10.6. The Morgan fingerprint density at radius 2 is 1.79 bits per heavy atom. The number of hydrogen-bond acceptors (Lipinski definition) is 2.